The minimum absolute atomic E-state index is 0.0201. The Labute approximate surface area is 183 Å². The normalized spacial score (nSPS) is 10.9. The minimum Gasteiger partial charge on any atom is -0.477 e. The number of carbonyl (C=O) groups is 2. The molecule has 0 spiro atoms. The van der Waals surface area contributed by atoms with E-state index in [1.807, 2.05) is 13.8 Å². The molecule has 0 aliphatic heterocycles. The number of ether oxygens (including phenoxy) is 1. The topological polar surface area (TPSA) is 113 Å². The van der Waals surface area contributed by atoms with Crippen LogP contribution in [0.15, 0.2) is 12.1 Å². The molecule has 4 N–H and O–H groups in total. The van der Waals surface area contributed by atoms with Crippen LogP contribution in [-0.2, 0) is 13.0 Å². The summed E-state index contributed by atoms with van der Waals surface area (Å²) in [5.41, 5.74) is -0.187. The van der Waals surface area contributed by atoms with Crippen molar-refractivity contribution in [2.45, 2.75) is 46.3 Å². The number of nitrogens with zero attached hydrogens (tertiary/aromatic N) is 1. The molecule has 2 amide bonds. The monoisotopic (exact) mass is 456 g/mol. The van der Waals surface area contributed by atoms with Crippen molar-refractivity contribution >= 4 is 28.5 Å². The Hall–Kier alpha value is -2.79. The van der Waals surface area contributed by atoms with E-state index in [4.69, 9.17) is 4.74 Å². The number of aromatic nitrogens is 1. The molecular formula is C20H26F2N4O4S. The number of amides is 2. The molecule has 170 valence electrons. The second kappa shape index (κ2) is 11.6. The summed E-state index contributed by atoms with van der Waals surface area (Å²) >= 11 is 0.721. The highest BCUT2D eigenvalue weighted by Crippen LogP contribution is 2.31. The van der Waals surface area contributed by atoms with Crippen LogP contribution in [0.5, 0.6) is 5.88 Å². The highest BCUT2D eigenvalue weighted by atomic mass is 32.1. The predicted molar refractivity (Wildman–Crippen MR) is 114 cm³/mol. The number of nitrogens with one attached hydrogen (secondary N) is 3. The van der Waals surface area contributed by atoms with Crippen molar-refractivity contribution in [3.8, 4) is 5.88 Å². The van der Waals surface area contributed by atoms with Crippen molar-refractivity contribution in [2.75, 3.05) is 18.4 Å². The van der Waals surface area contributed by atoms with Gasteiger partial charge in [-0.05, 0) is 48.6 Å². The molecule has 2 rings (SSSR count). The summed E-state index contributed by atoms with van der Waals surface area (Å²) in [5, 5.41) is 17.7. The first kappa shape index (κ1) is 24.5. The Kier molecular flexibility index (Phi) is 9.13. The maximum Gasteiger partial charge on any atom is 0.344 e. The van der Waals surface area contributed by atoms with E-state index in [2.05, 4.69) is 20.3 Å². The number of carbonyl (C=O) groups excluding carboxylic acids is 1. The molecule has 0 aliphatic rings. The van der Waals surface area contributed by atoms with Gasteiger partial charge in [0.05, 0.1) is 0 Å². The molecule has 2 aromatic rings. The number of hydrogen-bond donors (Lipinski definition) is 4. The van der Waals surface area contributed by atoms with Crippen LogP contribution in [0, 0.1) is 11.6 Å². The summed E-state index contributed by atoms with van der Waals surface area (Å²) in [5.74, 6) is -2.88. The third-order valence-corrected chi connectivity index (χ3v) is 5.00. The molecule has 1 aromatic heterocycles. The van der Waals surface area contributed by atoms with Gasteiger partial charge in [0.2, 0.25) is 5.88 Å². The Bertz CT molecular complexity index is 921. The number of halogens is 2. The number of hydrogen-bond acceptors (Lipinski definition) is 6. The van der Waals surface area contributed by atoms with E-state index in [-0.39, 0.29) is 27.6 Å². The lowest BCUT2D eigenvalue weighted by molar-refractivity contribution is 0.0693. The molecule has 31 heavy (non-hydrogen) atoms. The number of benzene rings is 1. The lowest BCUT2D eigenvalue weighted by atomic mass is 10.1. The van der Waals surface area contributed by atoms with Crippen molar-refractivity contribution < 1.29 is 28.2 Å². The van der Waals surface area contributed by atoms with Gasteiger partial charge in [0.1, 0.15) is 23.2 Å². The van der Waals surface area contributed by atoms with Crippen molar-refractivity contribution in [3.05, 3.63) is 40.5 Å². The summed E-state index contributed by atoms with van der Waals surface area (Å²) in [6.45, 7) is 6.45. The fourth-order valence-corrected chi connectivity index (χ4v) is 3.36. The van der Waals surface area contributed by atoms with Gasteiger partial charge >= 0.3 is 12.0 Å². The Morgan fingerprint density at radius 2 is 1.87 bits per heavy atom. The molecule has 0 radical (unpaired) electrons. The largest absolute Gasteiger partial charge is 0.477 e. The number of rotatable bonds is 11. The highest BCUT2D eigenvalue weighted by Gasteiger charge is 2.24. The fraction of sp³-hybridized carbons (Fsp3) is 0.450. The van der Waals surface area contributed by atoms with Crippen molar-refractivity contribution in [1.29, 1.82) is 0 Å². The van der Waals surface area contributed by atoms with E-state index in [1.165, 1.54) is 0 Å². The first-order valence-electron chi connectivity index (χ1n) is 9.83. The van der Waals surface area contributed by atoms with E-state index in [0.717, 1.165) is 30.2 Å². The van der Waals surface area contributed by atoms with E-state index in [9.17, 15) is 23.5 Å². The van der Waals surface area contributed by atoms with Gasteiger partial charge in [-0.15, -0.1) is 0 Å². The van der Waals surface area contributed by atoms with Crippen LogP contribution in [0.3, 0.4) is 0 Å². The summed E-state index contributed by atoms with van der Waals surface area (Å²) in [6.07, 6.45) is 1.04. The van der Waals surface area contributed by atoms with Crippen molar-refractivity contribution in [2.24, 2.45) is 0 Å². The van der Waals surface area contributed by atoms with Crippen LogP contribution in [0.4, 0.5) is 18.6 Å². The van der Waals surface area contributed by atoms with Crippen molar-refractivity contribution in [3.63, 3.8) is 0 Å². The van der Waals surface area contributed by atoms with E-state index >= 15 is 0 Å². The summed E-state index contributed by atoms with van der Waals surface area (Å²) in [4.78, 5) is 23.7. The van der Waals surface area contributed by atoms with Gasteiger partial charge in [0, 0.05) is 18.2 Å². The molecule has 1 heterocycles. The minimum atomic E-state index is -1.37. The zero-order valence-corrected chi connectivity index (χ0v) is 18.4. The Morgan fingerprint density at radius 1 is 1.19 bits per heavy atom. The second-order valence-corrected chi connectivity index (χ2v) is 7.79. The van der Waals surface area contributed by atoms with Crippen LogP contribution < -0.4 is 20.7 Å². The van der Waals surface area contributed by atoms with Gasteiger partial charge < -0.3 is 20.5 Å². The van der Waals surface area contributed by atoms with E-state index < -0.39 is 30.2 Å². The zero-order chi connectivity index (χ0) is 23.0. The predicted octanol–water partition coefficient (Wildman–Crippen LogP) is 3.77. The zero-order valence-electron chi connectivity index (χ0n) is 17.6. The lowest BCUT2D eigenvalue weighted by Crippen LogP contribution is -2.32. The molecule has 0 bridgehead atoms. The Balaban J connectivity index is 2.00. The van der Waals surface area contributed by atoms with Crippen LogP contribution in [0.1, 0.15) is 48.7 Å². The number of aryl methyl sites for hydroxylation is 1. The van der Waals surface area contributed by atoms with Gasteiger partial charge in [-0.3, -0.25) is 5.32 Å². The lowest BCUT2D eigenvalue weighted by Gasteiger charge is -2.10. The van der Waals surface area contributed by atoms with Crippen molar-refractivity contribution in [1.82, 2.24) is 15.0 Å². The molecule has 0 saturated heterocycles. The van der Waals surface area contributed by atoms with Gasteiger partial charge in [-0.25, -0.2) is 18.4 Å². The molecular weight excluding hydrogens is 430 g/mol. The quantitative estimate of drug-likeness (QED) is 0.383. The summed E-state index contributed by atoms with van der Waals surface area (Å²) in [7, 11) is 0. The third kappa shape index (κ3) is 7.14. The SMILES string of the molecule is CCc1cc(F)c(COc2nsc(NC(=O)NCCCNC(C)C)c2C(=O)O)cc1F. The van der Waals surface area contributed by atoms with Crippen LogP contribution in [-0.4, -0.2) is 40.6 Å². The number of anilines is 1. The van der Waals surface area contributed by atoms with Crippen LogP contribution in [0.25, 0.3) is 0 Å². The molecule has 0 atom stereocenters. The fourth-order valence-electron chi connectivity index (χ4n) is 2.63. The standard InChI is InChI=1S/C20H26F2N4O4S/c1-4-12-8-15(22)13(9-14(12)21)10-30-17-16(19(27)28)18(31-26-17)25-20(29)24-7-5-6-23-11(2)3/h8-9,11,23H,4-7,10H2,1-3H3,(H,27,28)(H2,24,25,29). The second-order valence-electron chi connectivity index (χ2n) is 7.02. The smallest absolute Gasteiger partial charge is 0.344 e. The van der Waals surface area contributed by atoms with Crippen LogP contribution in [0.2, 0.25) is 0 Å². The van der Waals surface area contributed by atoms with E-state index in [1.54, 1.807) is 6.92 Å². The number of aromatic carboxylic acids is 1. The molecule has 0 aliphatic carbocycles. The Morgan fingerprint density at radius 3 is 2.52 bits per heavy atom. The summed E-state index contributed by atoms with van der Waals surface area (Å²) < 4.78 is 37.2. The molecule has 0 unspecified atom stereocenters. The molecule has 0 saturated carbocycles. The average molecular weight is 457 g/mol. The van der Waals surface area contributed by atoms with Gasteiger partial charge in [0.15, 0.2) is 5.56 Å². The number of carboxylic acids is 1. The molecule has 0 fully saturated rings. The van der Waals surface area contributed by atoms with Gasteiger partial charge in [0.25, 0.3) is 0 Å². The maximum absolute atomic E-state index is 14.1. The van der Waals surface area contributed by atoms with Gasteiger partial charge in [-0.1, -0.05) is 20.8 Å². The average Bonchev–Trinajstić information content (AvgIpc) is 3.10. The summed E-state index contributed by atoms with van der Waals surface area (Å²) in [6, 6.07) is 1.87. The number of carboxylic acid groups (broad SMARTS) is 1. The van der Waals surface area contributed by atoms with Crippen LogP contribution >= 0.6 is 11.5 Å². The molecule has 8 nitrogen and oxygen atoms in total. The first-order chi connectivity index (χ1) is 14.7. The maximum atomic E-state index is 14.1. The van der Waals surface area contributed by atoms with E-state index in [0.29, 0.717) is 25.4 Å². The number of urea groups is 1. The highest BCUT2D eigenvalue weighted by molar-refractivity contribution is 7.11. The first-order valence-corrected chi connectivity index (χ1v) is 10.6. The van der Waals surface area contributed by atoms with Gasteiger partial charge in [-0.2, -0.15) is 4.37 Å². The molecule has 11 heteroatoms. The third-order valence-electron chi connectivity index (χ3n) is 4.25. The molecule has 1 aromatic carbocycles.